The zero-order valence-corrected chi connectivity index (χ0v) is 10.4. The molecule has 1 saturated heterocycles. The summed E-state index contributed by atoms with van der Waals surface area (Å²) in [5, 5.41) is 3.27. The minimum absolute atomic E-state index is 0.118. The van der Waals surface area contributed by atoms with E-state index >= 15 is 0 Å². The van der Waals surface area contributed by atoms with Gasteiger partial charge in [-0.05, 0) is 31.5 Å². The summed E-state index contributed by atoms with van der Waals surface area (Å²) in [7, 11) is 0. The van der Waals surface area contributed by atoms with Gasteiger partial charge in [0, 0.05) is 6.04 Å². The lowest BCUT2D eigenvalue weighted by molar-refractivity contribution is -0.275. The highest BCUT2D eigenvalue weighted by molar-refractivity contribution is 5.39. The minimum atomic E-state index is -4.71. The van der Waals surface area contributed by atoms with Crippen molar-refractivity contribution in [2.75, 3.05) is 13.2 Å². The van der Waals surface area contributed by atoms with Crippen LogP contribution in [0.3, 0.4) is 0 Å². The largest absolute Gasteiger partial charge is 0.573 e. The standard InChI is InChI=1S/C13H16F3NO2/c14-13(15,16)19-12-7-2-1-6-11(12)18-9-10-5-3-4-8-17-10/h1-2,6-7,10,17H,3-5,8-9H2. The quantitative estimate of drug-likeness (QED) is 0.916. The lowest BCUT2D eigenvalue weighted by Gasteiger charge is -2.24. The molecule has 1 unspecified atom stereocenters. The fraction of sp³-hybridized carbons (Fsp3) is 0.538. The molecule has 0 saturated carbocycles. The Morgan fingerprint density at radius 2 is 1.89 bits per heavy atom. The summed E-state index contributed by atoms with van der Waals surface area (Å²) in [4.78, 5) is 0. The molecule has 106 valence electrons. The molecule has 0 radical (unpaired) electrons. The Balaban J connectivity index is 1.95. The first-order valence-electron chi connectivity index (χ1n) is 6.25. The van der Waals surface area contributed by atoms with Gasteiger partial charge in [0.1, 0.15) is 6.61 Å². The van der Waals surface area contributed by atoms with Crippen LogP contribution in [0.2, 0.25) is 0 Å². The first kappa shape index (κ1) is 14.0. The summed E-state index contributed by atoms with van der Waals surface area (Å²) in [5.74, 6) is -0.182. The van der Waals surface area contributed by atoms with E-state index in [9.17, 15) is 13.2 Å². The number of alkyl halides is 3. The minimum Gasteiger partial charge on any atom is -0.488 e. The molecule has 1 aromatic carbocycles. The molecule has 1 heterocycles. The number of halogens is 3. The molecule has 1 fully saturated rings. The van der Waals surface area contributed by atoms with Crippen LogP contribution in [0.4, 0.5) is 13.2 Å². The van der Waals surface area contributed by atoms with Crippen molar-refractivity contribution in [1.82, 2.24) is 5.32 Å². The first-order chi connectivity index (χ1) is 9.04. The number of hydrogen-bond acceptors (Lipinski definition) is 3. The second-order valence-corrected chi connectivity index (χ2v) is 4.45. The Kier molecular flexibility index (Phi) is 4.52. The molecule has 1 aliphatic heterocycles. The third kappa shape index (κ3) is 4.63. The van der Waals surface area contributed by atoms with E-state index < -0.39 is 6.36 Å². The highest BCUT2D eigenvalue weighted by Crippen LogP contribution is 2.31. The van der Waals surface area contributed by atoms with Crippen LogP contribution in [0.1, 0.15) is 19.3 Å². The van der Waals surface area contributed by atoms with E-state index in [0.717, 1.165) is 25.8 Å². The normalized spacial score (nSPS) is 20.1. The number of nitrogens with one attached hydrogen (secondary N) is 1. The fourth-order valence-electron chi connectivity index (χ4n) is 2.04. The van der Waals surface area contributed by atoms with Crippen LogP contribution in [0.5, 0.6) is 11.5 Å². The van der Waals surface area contributed by atoms with E-state index in [4.69, 9.17) is 4.74 Å². The molecular formula is C13H16F3NO2. The number of hydrogen-bond donors (Lipinski definition) is 1. The van der Waals surface area contributed by atoms with Crippen molar-refractivity contribution in [2.24, 2.45) is 0 Å². The summed E-state index contributed by atoms with van der Waals surface area (Å²) in [6.45, 7) is 1.27. The van der Waals surface area contributed by atoms with Gasteiger partial charge in [-0.1, -0.05) is 18.6 Å². The van der Waals surface area contributed by atoms with E-state index in [1.165, 1.54) is 18.2 Å². The summed E-state index contributed by atoms with van der Waals surface area (Å²) >= 11 is 0. The van der Waals surface area contributed by atoms with Crippen LogP contribution in [0.15, 0.2) is 24.3 Å². The van der Waals surface area contributed by atoms with Crippen LogP contribution < -0.4 is 14.8 Å². The number of piperidine rings is 1. The Morgan fingerprint density at radius 3 is 2.53 bits per heavy atom. The first-order valence-corrected chi connectivity index (χ1v) is 6.25. The highest BCUT2D eigenvalue weighted by atomic mass is 19.4. The zero-order chi connectivity index (χ0) is 13.7. The van der Waals surface area contributed by atoms with Gasteiger partial charge in [0.2, 0.25) is 0 Å². The topological polar surface area (TPSA) is 30.5 Å². The number of benzene rings is 1. The molecule has 1 atom stereocenters. The maximum atomic E-state index is 12.2. The molecule has 0 aliphatic carbocycles. The van der Waals surface area contributed by atoms with Crippen molar-refractivity contribution >= 4 is 0 Å². The Bertz CT molecular complexity index is 403. The molecule has 0 aromatic heterocycles. The Hall–Kier alpha value is -1.43. The third-order valence-electron chi connectivity index (χ3n) is 2.93. The molecule has 0 bridgehead atoms. The fourth-order valence-corrected chi connectivity index (χ4v) is 2.04. The molecule has 0 spiro atoms. The SMILES string of the molecule is FC(F)(F)Oc1ccccc1OCC1CCCCN1. The second kappa shape index (κ2) is 6.14. The molecule has 2 rings (SSSR count). The average molecular weight is 275 g/mol. The van der Waals surface area contributed by atoms with Crippen LogP contribution in [-0.2, 0) is 0 Å². The summed E-state index contributed by atoms with van der Waals surface area (Å²) in [5.41, 5.74) is 0. The van der Waals surface area contributed by atoms with E-state index in [2.05, 4.69) is 10.1 Å². The molecule has 19 heavy (non-hydrogen) atoms. The van der Waals surface area contributed by atoms with Gasteiger partial charge >= 0.3 is 6.36 Å². The maximum absolute atomic E-state index is 12.2. The van der Waals surface area contributed by atoms with Gasteiger partial charge < -0.3 is 14.8 Å². The van der Waals surface area contributed by atoms with Gasteiger partial charge in [-0.15, -0.1) is 13.2 Å². The number of ether oxygens (including phenoxy) is 2. The summed E-state index contributed by atoms with van der Waals surface area (Å²) in [6.07, 6.45) is -1.49. The predicted molar refractivity (Wildman–Crippen MR) is 64.3 cm³/mol. The molecule has 3 nitrogen and oxygen atoms in total. The van der Waals surface area contributed by atoms with E-state index in [1.807, 2.05) is 0 Å². The van der Waals surface area contributed by atoms with Gasteiger partial charge in [-0.25, -0.2) is 0 Å². The van der Waals surface area contributed by atoms with Crippen molar-refractivity contribution in [3.8, 4) is 11.5 Å². The molecular weight excluding hydrogens is 259 g/mol. The van der Waals surface area contributed by atoms with E-state index in [-0.39, 0.29) is 17.5 Å². The molecule has 6 heteroatoms. The third-order valence-corrected chi connectivity index (χ3v) is 2.93. The van der Waals surface area contributed by atoms with Crippen molar-refractivity contribution in [2.45, 2.75) is 31.7 Å². The van der Waals surface area contributed by atoms with Crippen molar-refractivity contribution < 1.29 is 22.6 Å². The number of rotatable bonds is 4. The van der Waals surface area contributed by atoms with Crippen molar-refractivity contribution in [1.29, 1.82) is 0 Å². The van der Waals surface area contributed by atoms with E-state index in [0.29, 0.717) is 6.61 Å². The van der Waals surface area contributed by atoms with Crippen LogP contribution in [0.25, 0.3) is 0 Å². The van der Waals surface area contributed by atoms with Crippen molar-refractivity contribution in [3.63, 3.8) is 0 Å². The van der Waals surface area contributed by atoms with Crippen LogP contribution in [-0.4, -0.2) is 25.6 Å². The van der Waals surface area contributed by atoms with E-state index in [1.54, 1.807) is 6.07 Å². The summed E-state index contributed by atoms with van der Waals surface area (Å²) in [6, 6.07) is 6.01. The van der Waals surface area contributed by atoms with Gasteiger partial charge in [-0.3, -0.25) is 0 Å². The van der Waals surface area contributed by atoms with Crippen LogP contribution >= 0.6 is 0 Å². The lowest BCUT2D eigenvalue weighted by atomic mass is 10.1. The Labute approximate surface area is 109 Å². The average Bonchev–Trinajstić information content (AvgIpc) is 2.37. The lowest BCUT2D eigenvalue weighted by Crippen LogP contribution is -2.38. The van der Waals surface area contributed by atoms with Crippen LogP contribution in [0, 0.1) is 0 Å². The number of para-hydroxylation sites is 2. The van der Waals surface area contributed by atoms with Gasteiger partial charge in [-0.2, -0.15) is 0 Å². The highest BCUT2D eigenvalue weighted by Gasteiger charge is 2.32. The second-order valence-electron chi connectivity index (χ2n) is 4.45. The van der Waals surface area contributed by atoms with Crippen molar-refractivity contribution in [3.05, 3.63) is 24.3 Å². The van der Waals surface area contributed by atoms with Gasteiger partial charge in [0.25, 0.3) is 0 Å². The molecule has 1 aliphatic rings. The Morgan fingerprint density at radius 1 is 1.16 bits per heavy atom. The summed E-state index contributed by atoms with van der Waals surface area (Å²) < 4.78 is 46.0. The maximum Gasteiger partial charge on any atom is 0.573 e. The molecule has 1 aromatic rings. The molecule has 1 N–H and O–H groups in total. The predicted octanol–water partition coefficient (Wildman–Crippen LogP) is 3.11. The van der Waals surface area contributed by atoms with Gasteiger partial charge in [0.15, 0.2) is 11.5 Å². The molecule has 0 amide bonds. The smallest absolute Gasteiger partial charge is 0.488 e. The zero-order valence-electron chi connectivity index (χ0n) is 10.4. The van der Waals surface area contributed by atoms with Gasteiger partial charge in [0.05, 0.1) is 0 Å². The monoisotopic (exact) mass is 275 g/mol.